The number of fused-ring (bicyclic) bond motifs is 1. The SMILES string of the molecule is Cc1cc(F)c2c(c1)OCC(NC(=O)c1nnc(CC3CCCOC3)[nH]1)C(=O)N2. The van der Waals surface area contributed by atoms with E-state index in [1.54, 1.807) is 13.0 Å². The normalized spacial score (nSPS) is 21.5. The molecule has 4 rings (SSSR count). The van der Waals surface area contributed by atoms with Crippen LogP contribution in [-0.4, -0.2) is 52.9 Å². The average molecular weight is 403 g/mol. The second kappa shape index (κ2) is 8.16. The van der Waals surface area contributed by atoms with E-state index < -0.39 is 23.7 Å². The van der Waals surface area contributed by atoms with E-state index in [4.69, 9.17) is 9.47 Å². The number of aryl methyl sites for hydroxylation is 1. The number of ether oxygens (including phenoxy) is 2. The zero-order chi connectivity index (χ0) is 20.4. The lowest BCUT2D eigenvalue weighted by Gasteiger charge is -2.20. The first-order chi connectivity index (χ1) is 14.0. The molecular formula is C19H22FN5O4. The van der Waals surface area contributed by atoms with Gasteiger partial charge in [0, 0.05) is 19.6 Å². The van der Waals surface area contributed by atoms with Crippen LogP contribution in [0.4, 0.5) is 10.1 Å². The molecule has 2 aromatic rings. The zero-order valence-electron chi connectivity index (χ0n) is 16.0. The molecule has 0 bridgehead atoms. The highest BCUT2D eigenvalue weighted by Crippen LogP contribution is 2.31. The smallest absolute Gasteiger partial charge is 0.289 e. The van der Waals surface area contributed by atoms with Gasteiger partial charge in [-0.2, -0.15) is 0 Å². The van der Waals surface area contributed by atoms with Gasteiger partial charge in [-0.3, -0.25) is 9.59 Å². The zero-order valence-corrected chi connectivity index (χ0v) is 16.0. The summed E-state index contributed by atoms with van der Waals surface area (Å²) in [5.41, 5.74) is 0.629. The van der Waals surface area contributed by atoms with Crippen LogP contribution in [-0.2, 0) is 16.0 Å². The Bertz CT molecular complexity index is 925. The Morgan fingerprint density at radius 2 is 2.21 bits per heavy atom. The van der Waals surface area contributed by atoms with E-state index in [1.165, 1.54) is 6.07 Å². The minimum absolute atomic E-state index is 0.00770. The van der Waals surface area contributed by atoms with Crippen LogP contribution in [0.1, 0.15) is 34.8 Å². The highest BCUT2D eigenvalue weighted by molar-refractivity contribution is 6.01. The second-order valence-corrected chi connectivity index (χ2v) is 7.35. The lowest BCUT2D eigenvalue weighted by Crippen LogP contribution is -2.46. The molecular weight excluding hydrogens is 381 g/mol. The summed E-state index contributed by atoms with van der Waals surface area (Å²) in [7, 11) is 0. The van der Waals surface area contributed by atoms with E-state index in [2.05, 4.69) is 25.8 Å². The Labute approximate surface area is 166 Å². The number of amides is 2. The van der Waals surface area contributed by atoms with Gasteiger partial charge in [-0.05, 0) is 43.4 Å². The van der Waals surface area contributed by atoms with Gasteiger partial charge < -0.3 is 25.1 Å². The highest BCUT2D eigenvalue weighted by Gasteiger charge is 2.29. The lowest BCUT2D eigenvalue weighted by atomic mass is 9.98. The van der Waals surface area contributed by atoms with Crippen molar-refractivity contribution in [1.82, 2.24) is 20.5 Å². The molecule has 0 spiro atoms. The first-order valence-electron chi connectivity index (χ1n) is 9.53. The van der Waals surface area contributed by atoms with Gasteiger partial charge in [0.1, 0.15) is 29.9 Å². The van der Waals surface area contributed by atoms with Crippen LogP contribution >= 0.6 is 0 Å². The lowest BCUT2D eigenvalue weighted by molar-refractivity contribution is -0.118. The molecule has 0 saturated carbocycles. The molecule has 2 aliphatic heterocycles. The number of nitrogens with one attached hydrogen (secondary N) is 3. The number of carbonyl (C=O) groups is 2. The summed E-state index contributed by atoms with van der Waals surface area (Å²) in [4.78, 5) is 27.8. The number of halogens is 1. The van der Waals surface area contributed by atoms with Crippen LogP contribution in [0.2, 0.25) is 0 Å². The van der Waals surface area contributed by atoms with Crippen molar-refractivity contribution in [2.45, 2.75) is 32.2 Å². The summed E-state index contributed by atoms with van der Waals surface area (Å²) in [5, 5.41) is 12.9. The third-order valence-corrected chi connectivity index (χ3v) is 4.96. The fraction of sp³-hybridized carbons (Fsp3) is 0.474. The first-order valence-corrected chi connectivity index (χ1v) is 9.53. The maximum atomic E-state index is 14.1. The van der Waals surface area contributed by atoms with Crippen molar-refractivity contribution >= 4 is 17.5 Å². The Morgan fingerprint density at radius 3 is 3.00 bits per heavy atom. The Hall–Kier alpha value is -3.01. The molecule has 2 aliphatic rings. The molecule has 3 heterocycles. The van der Waals surface area contributed by atoms with Crippen molar-refractivity contribution < 1.29 is 23.5 Å². The molecule has 2 atom stereocenters. The topological polar surface area (TPSA) is 118 Å². The minimum Gasteiger partial charge on any atom is -0.489 e. The molecule has 154 valence electrons. The molecule has 1 aromatic heterocycles. The number of carbonyl (C=O) groups excluding carboxylic acids is 2. The molecule has 0 aliphatic carbocycles. The van der Waals surface area contributed by atoms with Crippen LogP contribution in [0.5, 0.6) is 5.75 Å². The van der Waals surface area contributed by atoms with Gasteiger partial charge in [0.15, 0.2) is 5.82 Å². The van der Waals surface area contributed by atoms with Gasteiger partial charge in [0.2, 0.25) is 5.82 Å². The quantitative estimate of drug-likeness (QED) is 0.709. The highest BCUT2D eigenvalue weighted by atomic mass is 19.1. The number of benzene rings is 1. The van der Waals surface area contributed by atoms with E-state index in [0.29, 0.717) is 30.3 Å². The van der Waals surface area contributed by atoms with E-state index >= 15 is 0 Å². The van der Waals surface area contributed by atoms with Crippen molar-refractivity contribution in [3.8, 4) is 5.75 Å². The molecule has 10 heteroatoms. The number of hydrogen-bond donors (Lipinski definition) is 3. The van der Waals surface area contributed by atoms with Gasteiger partial charge in [-0.15, -0.1) is 10.2 Å². The number of nitrogens with zero attached hydrogens (tertiary/aromatic N) is 2. The predicted molar refractivity (Wildman–Crippen MR) is 100 cm³/mol. The van der Waals surface area contributed by atoms with Crippen LogP contribution in [0.25, 0.3) is 0 Å². The van der Waals surface area contributed by atoms with Crippen molar-refractivity contribution in [1.29, 1.82) is 0 Å². The van der Waals surface area contributed by atoms with Crippen molar-refractivity contribution in [2.75, 3.05) is 25.1 Å². The third kappa shape index (κ3) is 4.37. The fourth-order valence-electron chi connectivity index (χ4n) is 3.47. The van der Waals surface area contributed by atoms with Crippen LogP contribution in [0.15, 0.2) is 12.1 Å². The third-order valence-electron chi connectivity index (χ3n) is 4.96. The second-order valence-electron chi connectivity index (χ2n) is 7.35. The van der Waals surface area contributed by atoms with E-state index in [1.807, 2.05) is 0 Å². The van der Waals surface area contributed by atoms with Crippen LogP contribution in [0, 0.1) is 18.7 Å². The molecule has 1 fully saturated rings. The molecule has 0 radical (unpaired) electrons. The largest absolute Gasteiger partial charge is 0.489 e. The number of aromatic amines is 1. The number of H-pyrrole nitrogens is 1. The van der Waals surface area contributed by atoms with Crippen molar-refractivity contribution in [3.05, 3.63) is 35.2 Å². The molecule has 9 nitrogen and oxygen atoms in total. The summed E-state index contributed by atoms with van der Waals surface area (Å²) < 4.78 is 25.1. The van der Waals surface area contributed by atoms with Gasteiger partial charge in [0.25, 0.3) is 11.8 Å². The standard InChI is InChI=1S/C19H22FN5O4/c1-10-5-12(20)16-14(6-10)29-9-13(18(26)23-16)21-19(27)17-22-15(24-25-17)7-11-3-2-4-28-8-11/h5-6,11,13H,2-4,7-9H2,1H3,(H,21,27)(H,23,26)(H,22,24,25). The molecule has 2 amide bonds. The summed E-state index contributed by atoms with van der Waals surface area (Å²) >= 11 is 0. The summed E-state index contributed by atoms with van der Waals surface area (Å²) in [5.74, 6) is -0.582. The van der Waals surface area contributed by atoms with E-state index in [9.17, 15) is 14.0 Å². The van der Waals surface area contributed by atoms with E-state index in [0.717, 1.165) is 19.4 Å². The van der Waals surface area contributed by atoms with Crippen molar-refractivity contribution in [3.63, 3.8) is 0 Å². The molecule has 2 unspecified atom stereocenters. The Kier molecular flexibility index (Phi) is 5.43. The molecule has 1 aromatic carbocycles. The number of anilines is 1. The van der Waals surface area contributed by atoms with Gasteiger partial charge >= 0.3 is 0 Å². The van der Waals surface area contributed by atoms with Crippen LogP contribution in [0.3, 0.4) is 0 Å². The summed E-state index contributed by atoms with van der Waals surface area (Å²) in [6.45, 7) is 3.03. The van der Waals surface area contributed by atoms with Gasteiger partial charge in [-0.25, -0.2) is 4.39 Å². The monoisotopic (exact) mass is 403 g/mol. The molecule has 1 saturated heterocycles. The number of rotatable bonds is 4. The van der Waals surface area contributed by atoms with Crippen LogP contribution < -0.4 is 15.4 Å². The fourth-order valence-corrected chi connectivity index (χ4v) is 3.47. The van der Waals surface area contributed by atoms with Gasteiger partial charge in [0.05, 0.1) is 0 Å². The Balaban J connectivity index is 1.40. The summed E-state index contributed by atoms with van der Waals surface area (Å²) in [6.07, 6.45) is 2.69. The predicted octanol–water partition coefficient (Wildman–Crippen LogP) is 1.35. The number of aromatic nitrogens is 3. The minimum atomic E-state index is -1.00. The summed E-state index contributed by atoms with van der Waals surface area (Å²) in [6, 6.07) is 1.92. The average Bonchev–Trinajstić information content (AvgIpc) is 3.10. The maximum absolute atomic E-state index is 14.1. The molecule has 29 heavy (non-hydrogen) atoms. The van der Waals surface area contributed by atoms with Gasteiger partial charge in [-0.1, -0.05) is 0 Å². The molecule has 3 N–H and O–H groups in total. The van der Waals surface area contributed by atoms with E-state index in [-0.39, 0.29) is 23.9 Å². The number of hydrogen-bond acceptors (Lipinski definition) is 6. The maximum Gasteiger partial charge on any atom is 0.289 e. The first kappa shape index (κ1) is 19.3. The Morgan fingerprint density at radius 1 is 1.34 bits per heavy atom. The van der Waals surface area contributed by atoms with Crippen molar-refractivity contribution in [2.24, 2.45) is 5.92 Å².